The predicted octanol–water partition coefficient (Wildman–Crippen LogP) is 8.20. The number of unbranched alkanes of at least 4 members (excludes halogenated alkanes) is 4. The summed E-state index contributed by atoms with van der Waals surface area (Å²) in [4.78, 5) is 0. The molecule has 192 valence electrons. The molecule has 3 nitrogen and oxygen atoms in total. The van der Waals surface area contributed by atoms with Gasteiger partial charge >= 0.3 is 0 Å². The smallest absolute Gasteiger partial charge is 0.0720 e. The van der Waals surface area contributed by atoms with E-state index in [-0.39, 0.29) is 0 Å². The summed E-state index contributed by atoms with van der Waals surface area (Å²) in [6.45, 7) is 3.00. The van der Waals surface area contributed by atoms with Crippen LogP contribution < -0.4 is 11.5 Å². The van der Waals surface area contributed by atoms with Crippen molar-refractivity contribution in [1.82, 2.24) is 0 Å². The molecule has 3 heteroatoms. The molecule has 0 bridgehead atoms. The van der Waals surface area contributed by atoms with E-state index in [4.69, 9.17) is 16.2 Å². The van der Waals surface area contributed by atoms with E-state index in [1.54, 1.807) is 6.07 Å². The van der Waals surface area contributed by atoms with Gasteiger partial charge in [0, 0.05) is 11.4 Å². The lowest BCUT2D eigenvalue weighted by atomic mass is 9.82. The number of ether oxygens (including phenoxy) is 1. The van der Waals surface area contributed by atoms with E-state index < -0.39 is 0 Å². The van der Waals surface area contributed by atoms with Crippen LogP contribution in [0.2, 0.25) is 0 Å². The second-order valence-electron chi connectivity index (χ2n) is 10.7. The van der Waals surface area contributed by atoms with E-state index in [1.807, 2.05) is 12.1 Å². The summed E-state index contributed by atoms with van der Waals surface area (Å²) in [6, 6.07) is 24.0. The van der Waals surface area contributed by atoms with Gasteiger partial charge in [0.1, 0.15) is 0 Å². The maximum Gasteiger partial charge on any atom is 0.0720 e. The molecule has 0 radical (unpaired) electrons. The Kier molecular flexibility index (Phi) is 9.86. The molecule has 0 unspecified atom stereocenters. The highest BCUT2D eigenvalue weighted by atomic mass is 16.5. The van der Waals surface area contributed by atoms with Crippen LogP contribution in [0.5, 0.6) is 0 Å². The third kappa shape index (κ3) is 8.13. The van der Waals surface area contributed by atoms with Crippen LogP contribution in [0.1, 0.15) is 98.4 Å². The average Bonchev–Trinajstić information content (AvgIpc) is 2.88. The molecule has 4 N–H and O–H groups in total. The predicted molar refractivity (Wildman–Crippen MR) is 153 cm³/mol. The van der Waals surface area contributed by atoms with E-state index in [1.165, 1.54) is 73.6 Å². The van der Waals surface area contributed by atoms with Crippen LogP contribution in [-0.2, 0) is 24.2 Å². The van der Waals surface area contributed by atoms with E-state index in [0.29, 0.717) is 12.0 Å². The van der Waals surface area contributed by atoms with Crippen molar-refractivity contribution in [3.8, 4) is 0 Å². The number of anilines is 2. The van der Waals surface area contributed by atoms with Crippen LogP contribution in [0.15, 0.2) is 66.7 Å². The Morgan fingerprint density at radius 2 is 1.28 bits per heavy atom. The lowest BCUT2D eigenvalue weighted by molar-refractivity contribution is 0.0133. The van der Waals surface area contributed by atoms with Gasteiger partial charge in [-0.2, -0.15) is 0 Å². The zero-order valence-corrected chi connectivity index (χ0v) is 22.1. The molecule has 1 aliphatic rings. The number of nitrogens with two attached hydrogens (primary N) is 2. The van der Waals surface area contributed by atoms with E-state index in [0.717, 1.165) is 42.8 Å². The minimum atomic E-state index is 0.382. The first kappa shape index (κ1) is 26.3. The normalized spacial score (nSPS) is 17.8. The maximum atomic E-state index is 6.30. The van der Waals surface area contributed by atoms with Crippen molar-refractivity contribution in [3.63, 3.8) is 0 Å². The van der Waals surface area contributed by atoms with Crippen LogP contribution >= 0.6 is 0 Å². The summed E-state index contributed by atoms with van der Waals surface area (Å²) in [7, 11) is 0. The van der Waals surface area contributed by atoms with Crippen LogP contribution in [-0.4, -0.2) is 6.10 Å². The Labute approximate surface area is 218 Å². The molecule has 0 aromatic heterocycles. The number of nitrogen functional groups attached to an aromatic ring is 2. The van der Waals surface area contributed by atoms with Crippen molar-refractivity contribution < 1.29 is 4.74 Å². The molecule has 3 aromatic rings. The van der Waals surface area contributed by atoms with Crippen LogP contribution in [0.25, 0.3) is 0 Å². The Morgan fingerprint density at radius 1 is 0.667 bits per heavy atom. The van der Waals surface area contributed by atoms with Crippen molar-refractivity contribution in [3.05, 3.63) is 94.5 Å². The van der Waals surface area contributed by atoms with Crippen molar-refractivity contribution in [2.45, 2.75) is 96.2 Å². The highest BCUT2D eigenvalue weighted by Crippen LogP contribution is 2.34. The van der Waals surface area contributed by atoms with Crippen molar-refractivity contribution >= 4 is 11.4 Å². The molecule has 0 amide bonds. The van der Waals surface area contributed by atoms with Crippen LogP contribution in [0.4, 0.5) is 11.4 Å². The van der Waals surface area contributed by atoms with Crippen molar-refractivity contribution in [2.75, 3.05) is 11.5 Å². The molecular formula is C33H44N2O. The third-order valence-electron chi connectivity index (χ3n) is 7.65. The Bertz CT molecular complexity index is 1030. The summed E-state index contributed by atoms with van der Waals surface area (Å²) >= 11 is 0. The molecule has 0 spiro atoms. The van der Waals surface area contributed by atoms with Gasteiger partial charge in [-0.05, 0) is 96.9 Å². The minimum Gasteiger partial charge on any atom is -0.399 e. The molecule has 1 aliphatic carbocycles. The van der Waals surface area contributed by atoms with Gasteiger partial charge in [-0.25, -0.2) is 0 Å². The number of aryl methyl sites for hydroxylation is 1. The number of hydrogen-bond acceptors (Lipinski definition) is 3. The Hall–Kier alpha value is -2.78. The van der Waals surface area contributed by atoms with Gasteiger partial charge in [-0.15, -0.1) is 0 Å². The molecule has 4 rings (SSSR count). The summed E-state index contributed by atoms with van der Waals surface area (Å²) in [5, 5.41) is 0. The molecule has 0 heterocycles. The zero-order chi connectivity index (χ0) is 25.2. The van der Waals surface area contributed by atoms with Gasteiger partial charge in [-0.3, -0.25) is 0 Å². The molecule has 0 atom stereocenters. The van der Waals surface area contributed by atoms with Crippen molar-refractivity contribution in [1.29, 1.82) is 0 Å². The molecule has 1 fully saturated rings. The zero-order valence-electron chi connectivity index (χ0n) is 22.1. The summed E-state index contributed by atoms with van der Waals surface area (Å²) < 4.78 is 6.30. The fourth-order valence-electron chi connectivity index (χ4n) is 5.50. The SMILES string of the molecule is CCCCCCCc1ccc(COC2CCC(c3ccc(Cc4cc(N)cc(N)c4)cc3)CC2)cc1. The van der Waals surface area contributed by atoms with Gasteiger partial charge in [0.05, 0.1) is 12.7 Å². The van der Waals surface area contributed by atoms with Gasteiger partial charge in [0.2, 0.25) is 0 Å². The fraction of sp³-hybridized carbons (Fsp3) is 0.455. The number of benzene rings is 3. The lowest BCUT2D eigenvalue weighted by Gasteiger charge is -2.29. The first-order chi connectivity index (χ1) is 17.6. The average molecular weight is 485 g/mol. The van der Waals surface area contributed by atoms with Crippen LogP contribution in [0.3, 0.4) is 0 Å². The summed E-state index contributed by atoms with van der Waals surface area (Å²) in [5.41, 5.74) is 20.0. The minimum absolute atomic E-state index is 0.382. The van der Waals surface area contributed by atoms with E-state index in [2.05, 4.69) is 55.5 Å². The van der Waals surface area contributed by atoms with Crippen LogP contribution in [0, 0.1) is 0 Å². The second kappa shape index (κ2) is 13.5. The number of rotatable bonds is 12. The van der Waals surface area contributed by atoms with E-state index in [9.17, 15) is 0 Å². The summed E-state index contributed by atoms with van der Waals surface area (Å²) in [5.74, 6) is 0.638. The number of hydrogen-bond donors (Lipinski definition) is 2. The standard InChI is InChI=1S/C33H44N2O/c1-2-3-4-5-6-7-25-8-10-27(11-9-25)24-36-33-18-16-30(17-19-33)29-14-12-26(13-15-29)20-28-21-31(34)23-32(35)22-28/h8-15,21-23,30,33H,2-7,16-20,24,34-35H2,1H3. The molecule has 1 saturated carbocycles. The van der Waals surface area contributed by atoms with E-state index >= 15 is 0 Å². The molecular weight excluding hydrogens is 440 g/mol. The highest BCUT2D eigenvalue weighted by Gasteiger charge is 2.23. The monoisotopic (exact) mass is 484 g/mol. The van der Waals surface area contributed by atoms with Gasteiger partial charge in [-0.1, -0.05) is 81.1 Å². The van der Waals surface area contributed by atoms with Gasteiger partial charge in [0.15, 0.2) is 0 Å². The summed E-state index contributed by atoms with van der Waals surface area (Å²) in [6.07, 6.45) is 13.8. The first-order valence-electron chi connectivity index (χ1n) is 14.0. The molecule has 0 aliphatic heterocycles. The molecule has 0 saturated heterocycles. The highest BCUT2D eigenvalue weighted by molar-refractivity contribution is 5.55. The fourth-order valence-corrected chi connectivity index (χ4v) is 5.50. The topological polar surface area (TPSA) is 61.3 Å². The maximum absolute atomic E-state index is 6.30. The quantitative estimate of drug-likeness (QED) is 0.201. The Balaban J connectivity index is 1.17. The third-order valence-corrected chi connectivity index (χ3v) is 7.65. The second-order valence-corrected chi connectivity index (χ2v) is 10.7. The largest absolute Gasteiger partial charge is 0.399 e. The van der Waals surface area contributed by atoms with Gasteiger partial charge in [0.25, 0.3) is 0 Å². The van der Waals surface area contributed by atoms with Crippen molar-refractivity contribution in [2.24, 2.45) is 0 Å². The molecule has 3 aromatic carbocycles. The first-order valence-corrected chi connectivity index (χ1v) is 14.0. The molecule has 36 heavy (non-hydrogen) atoms. The Morgan fingerprint density at radius 3 is 1.94 bits per heavy atom. The lowest BCUT2D eigenvalue weighted by Crippen LogP contribution is -2.20. The van der Waals surface area contributed by atoms with Gasteiger partial charge < -0.3 is 16.2 Å².